The maximum atomic E-state index is 12.7. The van der Waals surface area contributed by atoms with Crippen molar-refractivity contribution in [1.82, 2.24) is 20.1 Å². The number of benzene rings is 2. The number of hydrogen-bond donors (Lipinski definition) is 2. The summed E-state index contributed by atoms with van der Waals surface area (Å²) in [6.07, 6.45) is 4.45. The molecular formula is C20H17N5O. The van der Waals surface area contributed by atoms with Gasteiger partial charge in [0.15, 0.2) is 5.65 Å². The normalized spacial score (nSPS) is 13.8. The number of fused-ring (bicyclic) bond motifs is 4. The number of rotatable bonds is 1. The van der Waals surface area contributed by atoms with Gasteiger partial charge in [0.2, 0.25) is 0 Å². The van der Waals surface area contributed by atoms with Crippen LogP contribution in [0, 0.1) is 0 Å². The molecule has 26 heavy (non-hydrogen) atoms. The number of urea groups is 1. The lowest BCUT2D eigenvalue weighted by atomic mass is 9.99. The van der Waals surface area contributed by atoms with Crippen molar-refractivity contribution >= 4 is 33.5 Å². The van der Waals surface area contributed by atoms with E-state index in [1.54, 1.807) is 0 Å². The highest BCUT2D eigenvalue weighted by atomic mass is 16.2. The zero-order valence-electron chi connectivity index (χ0n) is 14.1. The Morgan fingerprint density at radius 2 is 2.00 bits per heavy atom. The Hall–Kier alpha value is -3.41. The van der Waals surface area contributed by atoms with Crippen LogP contribution in [0.5, 0.6) is 0 Å². The standard InChI is InChI=1S/C20H17N5O/c26-20(23-16-6-5-13-3-1-2-4-14(13)9-16)25-8-7-17-15(12-25)10-21-19-18(17)11-22-24-19/h1-6,9-11H,7-8,12H2,(H,23,26)(H,21,22,24). The van der Waals surface area contributed by atoms with Crippen LogP contribution in [-0.2, 0) is 13.0 Å². The van der Waals surface area contributed by atoms with Crippen LogP contribution in [0.15, 0.2) is 54.9 Å². The molecule has 128 valence electrons. The number of anilines is 1. The minimum absolute atomic E-state index is 0.0850. The fourth-order valence-electron chi connectivity index (χ4n) is 3.60. The molecule has 2 aromatic carbocycles. The number of nitrogens with one attached hydrogen (secondary N) is 2. The third kappa shape index (κ3) is 2.47. The first-order chi connectivity index (χ1) is 12.8. The third-order valence-electron chi connectivity index (χ3n) is 4.96. The number of H-pyrrole nitrogens is 1. The van der Waals surface area contributed by atoms with Crippen LogP contribution in [-0.4, -0.2) is 32.7 Å². The fraction of sp³-hybridized carbons (Fsp3) is 0.150. The summed E-state index contributed by atoms with van der Waals surface area (Å²) in [6, 6.07) is 14.0. The van der Waals surface area contributed by atoms with Gasteiger partial charge in [0.05, 0.1) is 6.20 Å². The Labute approximate surface area is 149 Å². The minimum atomic E-state index is -0.0850. The Morgan fingerprint density at radius 1 is 1.12 bits per heavy atom. The molecule has 0 bridgehead atoms. The lowest BCUT2D eigenvalue weighted by Gasteiger charge is -2.29. The van der Waals surface area contributed by atoms with Gasteiger partial charge >= 0.3 is 6.03 Å². The first kappa shape index (κ1) is 14.9. The van der Waals surface area contributed by atoms with Crippen LogP contribution in [0.1, 0.15) is 11.1 Å². The summed E-state index contributed by atoms with van der Waals surface area (Å²) in [4.78, 5) is 18.9. The molecule has 0 radical (unpaired) electrons. The highest BCUT2D eigenvalue weighted by Gasteiger charge is 2.23. The number of hydrogen-bond acceptors (Lipinski definition) is 3. The van der Waals surface area contributed by atoms with Gasteiger partial charge in [-0.1, -0.05) is 30.3 Å². The van der Waals surface area contributed by atoms with E-state index in [0.717, 1.165) is 39.5 Å². The second-order valence-electron chi connectivity index (χ2n) is 6.56. The van der Waals surface area contributed by atoms with E-state index in [0.29, 0.717) is 13.1 Å². The van der Waals surface area contributed by atoms with Crippen molar-refractivity contribution in [3.8, 4) is 0 Å². The highest BCUT2D eigenvalue weighted by Crippen LogP contribution is 2.25. The van der Waals surface area contributed by atoms with Gasteiger partial charge in [-0.2, -0.15) is 5.10 Å². The maximum Gasteiger partial charge on any atom is 0.322 e. The Kier molecular flexibility index (Phi) is 3.35. The summed E-state index contributed by atoms with van der Waals surface area (Å²) in [7, 11) is 0. The summed E-state index contributed by atoms with van der Waals surface area (Å²) in [5, 5.41) is 13.3. The van der Waals surface area contributed by atoms with Gasteiger partial charge in [0, 0.05) is 30.4 Å². The van der Waals surface area contributed by atoms with Crippen molar-refractivity contribution in [2.75, 3.05) is 11.9 Å². The van der Waals surface area contributed by atoms with Gasteiger partial charge in [-0.25, -0.2) is 9.78 Å². The summed E-state index contributed by atoms with van der Waals surface area (Å²) in [5.74, 6) is 0. The smallest absolute Gasteiger partial charge is 0.320 e. The molecule has 5 rings (SSSR count). The van der Waals surface area contributed by atoms with E-state index in [-0.39, 0.29) is 6.03 Å². The SMILES string of the molecule is O=C(Nc1ccc2ccccc2c1)N1CCc2c(cnc3[nH]ncc23)C1. The maximum absolute atomic E-state index is 12.7. The van der Waals surface area contributed by atoms with E-state index in [2.05, 4.69) is 26.6 Å². The van der Waals surface area contributed by atoms with E-state index >= 15 is 0 Å². The molecule has 0 aliphatic carbocycles. The molecule has 6 nitrogen and oxygen atoms in total. The second-order valence-corrected chi connectivity index (χ2v) is 6.56. The third-order valence-corrected chi connectivity index (χ3v) is 4.96. The van der Waals surface area contributed by atoms with E-state index in [1.165, 1.54) is 5.56 Å². The number of pyridine rings is 1. The summed E-state index contributed by atoms with van der Waals surface area (Å²) >= 11 is 0. The summed E-state index contributed by atoms with van der Waals surface area (Å²) < 4.78 is 0. The van der Waals surface area contributed by atoms with Crippen molar-refractivity contribution in [2.45, 2.75) is 13.0 Å². The molecule has 1 aliphatic rings. The van der Waals surface area contributed by atoms with Crippen molar-refractivity contribution in [1.29, 1.82) is 0 Å². The van der Waals surface area contributed by atoms with Gasteiger partial charge in [-0.05, 0) is 40.5 Å². The fourth-order valence-corrected chi connectivity index (χ4v) is 3.60. The number of carbonyl (C=O) groups excluding carboxylic acids is 1. The molecule has 0 atom stereocenters. The van der Waals surface area contributed by atoms with Crippen molar-refractivity contribution in [3.05, 3.63) is 66.0 Å². The molecule has 4 aromatic rings. The predicted octanol–water partition coefficient (Wildman–Crippen LogP) is 3.70. The van der Waals surface area contributed by atoms with Crippen LogP contribution in [0.4, 0.5) is 10.5 Å². The average molecular weight is 343 g/mol. The topological polar surface area (TPSA) is 73.9 Å². The number of carbonyl (C=O) groups is 1. The number of aromatic amines is 1. The molecule has 0 fully saturated rings. The first-order valence-corrected chi connectivity index (χ1v) is 8.62. The second kappa shape index (κ2) is 5.84. The van der Waals surface area contributed by atoms with Crippen molar-refractivity contribution < 1.29 is 4.79 Å². The van der Waals surface area contributed by atoms with E-state index in [1.807, 2.05) is 53.7 Å². The Morgan fingerprint density at radius 3 is 2.92 bits per heavy atom. The molecular weight excluding hydrogens is 326 g/mol. The molecule has 3 heterocycles. The lowest BCUT2D eigenvalue weighted by molar-refractivity contribution is 0.206. The minimum Gasteiger partial charge on any atom is -0.320 e. The molecule has 0 spiro atoms. The quantitative estimate of drug-likeness (QED) is 0.553. The zero-order valence-corrected chi connectivity index (χ0v) is 14.1. The van der Waals surface area contributed by atoms with Gasteiger partial charge in [0.1, 0.15) is 0 Å². The van der Waals surface area contributed by atoms with Crippen LogP contribution in [0.3, 0.4) is 0 Å². The van der Waals surface area contributed by atoms with Crippen LogP contribution in [0.25, 0.3) is 21.8 Å². The van der Waals surface area contributed by atoms with Gasteiger partial charge in [0.25, 0.3) is 0 Å². The van der Waals surface area contributed by atoms with Gasteiger partial charge in [-0.15, -0.1) is 0 Å². The van der Waals surface area contributed by atoms with Gasteiger partial charge in [-0.3, -0.25) is 5.10 Å². The molecule has 2 N–H and O–H groups in total. The highest BCUT2D eigenvalue weighted by molar-refractivity contribution is 5.93. The number of amides is 2. The van der Waals surface area contributed by atoms with Crippen molar-refractivity contribution in [3.63, 3.8) is 0 Å². The van der Waals surface area contributed by atoms with Crippen LogP contribution >= 0.6 is 0 Å². The molecule has 0 saturated carbocycles. The monoisotopic (exact) mass is 343 g/mol. The summed E-state index contributed by atoms with van der Waals surface area (Å²) in [6.45, 7) is 1.24. The first-order valence-electron chi connectivity index (χ1n) is 8.62. The number of nitrogens with zero attached hydrogens (tertiary/aromatic N) is 3. The summed E-state index contributed by atoms with van der Waals surface area (Å²) in [5.41, 5.74) is 3.93. The van der Waals surface area contributed by atoms with E-state index in [9.17, 15) is 4.79 Å². The Bertz CT molecular complexity index is 1130. The number of aromatic nitrogens is 3. The average Bonchev–Trinajstić information content (AvgIpc) is 3.16. The van der Waals surface area contributed by atoms with Crippen molar-refractivity contribution in [2.24, 2.45) is 0 Å². The van der Waals surface area contributed by atoms with E-state index < -0.39 is 0 Å². The van der Waals surface area contributed by atoms with Gasteiger partial charge < -0.3 is 10.2 Å². The van der Waals surface area contributed by atoms with Crippen LogP contribution < -0.4 is 5.32 Å². The predicted molar refractivity (Wildman–Crippen MR) is 101 cm³/mol. The zero-order chi connectivity index (χ0) is 17.5. The molecule has 6 heteroatoms. The molecule has 0 saturated heterocycles. The molecule has 2 aromatic heterocycles. The largest absolute Gasteiger partial charge is 0.322 e. The molecule has 2 amide bonds. The van der Waals surface area contributed by atoms with Crippen LogP contribution in [0.2, 0.25) is 0 Å². The Balaban J connectivity index is 1.37. The van der Waals surface area contributed by atoms with E-state index in [4.69, 9.17) is 0 Å². The molecule has 1 aliphatic heterocycles. The lowest BCUT2D eigenvalue weighted by Crippen LogP contribution is -2.39. The molecule has 0 unspecified atom stereocenters.